The Balaban J connectivity index is 1.33. The molecule has 2 fully saturated rings. The van der Waals surface area contributed by atoms with Crippen molar-refractivity contribution < 1.29 is 4.74 Å². The topological polar surface area (TPSA) is 60.5 Å². The number of hydrogen-bond acceptors (Lipinski definition) is 5. The second-order valence-electron chi connectivity index (χ2n) is 9.27. The van der Waals surface area contributed by atoms with E-state index in [0.717, 1.165) is 64.6 Å². The van der Waals surface area contributed by atoms with Gasteiger partial charge in [0.05, 0.1) is 29.8 Å². The first kappa shape index (κ1) is 20.8. The summed E-state index contributed by atoms with van der Waals surface area (Å²) in [6.45, 7) is 2.05. The van der Waals surface area contributed by atoms with Gasteiger partial charge in [-0.2, -0.15) is 10.2 Å². The molecule has 2 aliphatic rings. The zero-order valence-electron chi connectivity index (χ0n) is 19.9. The van der Waals surface area contributed by atoms with Gasteiger partial charge in [-0.05, 0) is 43.9 Å². The summed E-state index contributed by atoms with van der Waals surface area (Å²) in [5, 5.41) is 11.4. The molecule has 1 saturated carbocycles. The monoisotopic (exact) mass is 452 g/mol. The average Bonchev–Trinajstić information content (AvgIpc) is 3.44. The Morgan fingerprint density at radius 1 is 0.971 bits per heavy atom. The Morgan fingerprint density at radius 3 is 2.50 bits per heavy atom. The summed E-state index contributed by atoms with van der Waals surface area (Å²) < 4.78 is 9.28. The van der Waals surface area contributed by atoms with Crippen LogP contribution in [0, 0.1) is 11.8 Å². The Hall–Kier alpha value is -3.79. The number of anilines is 1. The van der Waals surface area contributed by atoms with E-state index in [4.69, 9.17) is 14.8 Å². The molecule has 34 heavy (non-hydrogen) atoms. The molecule has 7 nitrogen and oxygen atoms in total. The lowest BCUT2D eigenvalue weighted by atomic mass is 10.0. The summed E-state index contributed by atoms with van der Waals surface area (Å²) in [6, 6.07) is 8.77. The number of hydrogen-bond donors (Lipinski definition) is 0. The van der Waals surface area contributed by atoms with E-state index in [2.05, 4.69) is 40.2 Å². The maximum Gasteiger partial charge on any atom is 0.136 e. The van der Waals surface area contributed by atoms with Gasteiger partial charge in [0.15, 0.2) is 0 Å². The van der Waals surface area contributed by atoms with Crippen molar-refractivity contribution in [3.8, 4) is 17.6 Å². The molecule has 0 N–H and O–H groups in total. The summed E-state index contributed by atoms with van der Waals surface area (Å²) in [7, 11) is 5.56. The minimum Gasteiger partial charge on any atom is -0.495 e. The van der Waals surface area contributed by atoms with E-state index in [-0.39, 0.29) is 0 Å². The second kappa shape index (κ2) is 8.21. The van der Waals surface area contributed by atoms with Crippen LogP contribution in [-0.2, 0) is 14.1 Å². The van der Waals surface area contributed by atoms with Gasteiger partial charge in [-0.25, -0.2) is 0 Å². The Labute approximate surface area is 199 Å². The standard InChI is InChI=1S/C27H28N6O/c1-31-16-20-14-19(26(34-3)15-24(20)29-31)5-4-18-6-9-25(23-17-32(2)30-27(18)23)33-12-10-22(11-13-33)28-21-7-8-21/h6,9,14-17,22H,7-8,10-13H2,1-3H3. The molecule has 2 aromatic heterocycles. The predicted octanol–water partition coefficient (Wildman–Crippen LogP) is 4.07. The van der Waals surface area contributed by atoms with Crippen LogP contribution in [0.2, 0.25) is 0 Å². The molecule has 0 bridgehead atoms. The van der Waals surface area contributed by atoms with Crippen LogP contribution >= 0.6 is 0 Å². The normalized spacial score (nSPS) is 16.1. The van der Waals surface area contributed by atoms with Crippen molar-refractivity contribution in [1.29, 1.82) is 0 Å². The number of rotatable bonds is 3. The lowest BCUT2D eigenvalue weighted by Crippen LogP contribution is -2.35. The molecule has 0 radical (unpaired) electrons. The van der Waals surface area contributed by atoms with Gasteiger partial charge < -0.3 is 9.64 Å². The predicted molar refractivity (Wildman–Crippen MR) is 136 cm³/mol. The molecule has 0 atom stereocenters. The fourth-order valence-corrected chi connectivity index (χ4v) is 4.84. The van der Waals surface area contributed by atoms with Crippen molar-refractivity contribution in [1.82, 2.24) is 19.6 Å². The van der Waals surface area contributed by atoms with E-state index in [1.165, 1.54) is 24.2 Å². The van der Waals surface area contributed by atoms with Crippen LogP contribution in [0.3, 0.4) is 0 Å². The van der Waals surface area contributed by atoms with E-state index < -0.39 is 0 Å². The third-order valence-corrected chi connectivity index (χ3v) is 6.68. The van der Waals surface area contributed by atoms with Crippen molar-refractivity contribution in [2.75, 3.05) is 25.1 Å². The highest BCUT2D eigenvalue weighted by Crippen LogP contribution is 2.32. The number of aromatic nitrogens is 4. The number of benzene rings is 2. The second-order valence-corrected chi connectivity index (χ2v) is 9.27. The van der Waals surface area contributed by atoms with E-state index in [1.807, 2.05) is 37.1 Å². The molecule has 172 valence electrons. The molecule has 4 aromatic rings. The molecule has 2 aromatic carbocycles. The zero-order valence-corrected chi connectivity index (χ0v) is 19.9. The van der Waals surface area contributed by atoms with Gasteiger partial charge in [-0.15, -0.1) is 0 Å². The fourth-order valence-electron chi connectivity index (χ4n) is 4.84. The molecule has 0 unspecified atom stereocenters. The van der Waals surface area contributed by atoms with Crippen molar-refractivity contribution in [2.24, 2.45) is 19.1 Å². The summed E-state index contributed by atoms with van der Waals surface area (Å²) >= 11 is 0. The van der Waals surface area contributed by atoms with Crippen LogP contribution in [0.1, 0.15) is 36.8 Å². The highest BCUT2D eigenvalue weighted by molar-refractivity contribution is 5.98. The minimum atomic E-state index is 0.496. The molecule has 1 saturated heterocycles. The summed E-state index contributed by atoms with van der Waals surface area (Å²) in [5.41, 5.74) is 6.25. The maximum atomic E-state index is 5.59. The molecule has 7 heteroatoms. The number of piperidine rings is 1. The molecular formula is C27H28N6O. The Kier molecular flexibility index (Phi) is 5.02. The molecule has 6 rings (SSSR count). The van der Waals surface area contributed by atoms with E-state index in [1.54, 1.807) is 11.8 Å². The van der Waals surface area contributed by atoms with Gasteiger partial charge in [0.2, 0.25) is 0 Å². The lowest BCUT2D eigenvalue weighted by molar-refractivity contribution is 0.414. The van der Waals surface area contributed by atoms with Crippen molar-refractivity contribution in [2.45, 2.75) is 31.7 Å². The van der Waals surface area contributed by atoms with Gasteiger partial charge in [-0.3, -0.25) is 14.4 Å². The van der Waals surface area contributed by atoms with Crippen molar-refractivity contribution in [3.05, 3.63) is 47.8 Å². The van der Waals surface area contributed by atoms with Crippen LogP contribution in [0.4, 0.5) is 5.69 Å². The van der Waals surface area contributed by atoms with Crippen LogP contribution < -0.4 is 9.64 Å². The van der Waals surface area contributed by atoms with Gasteiger partial charge in [0.25, 0.3) is 0 Å². The molecule has 1 aliphatic heterocycles. The molecule has 1 aliphatic carbocycles. The number of aryl methyl sites for hydroxylation is 2. The first-order chi connectivity index (χ1) is 16.6. The molecule has 0 amide bonds. The average molecular weight is 453 g/mol. The smallest absolute Gasteiger partial charge is 0.136 e. The highest BCUT2D eigenvalue weighted by atomic mass is 16.5. The Morgan fingerprint density at radius 2 is 1.74 bits per heavy atom. The lowest BCUT2D eigenvalue weighted by Gasteiger charge is -2.32. The zero-order chi connectivity index (χ0) is 23.2. The van der Waals surface area contributed by atoms with Gasteiger partial charge in [-0.1, -0.05) is 11.8 Å². The van der Waals surface area contributed by atoms with Crippen LogP contribution in [0.25, 0.3) is 21.8 Å². The van der Waals surface area contributed by atoms with Crippen LogP contribution in [0.5, 0.6) is 5.75 Å². The summed E-state index contributed by atoms with van der Waals surface area (Å²) in [6.07, 6.45) is 8.75. The van der Waals surface area contributed by atoms with E-state index >= 15 is 0 Å². The number of aliphatic imine (C=N–C) groups is 1. The summed E-state index contributed by atoms with van der Waals surface area (Å²) in [5.74, 6) is 7.41. The number of ether oxygens (including phenoxy) is 1. The first-order valence-corrected chi connectivity index (χ1v) is 11.9. The van der Waals surface area contributed by atoms with Crippen LogP contribution in [-0.4, -0.2) is 51.5 Å². The van der Waals surface area contributed by atoms with Crippen LogP contribution in [0.15, 0.2) is 41.7 Å². The van der Waals surface area contributed by atoms with Gasteiger partial charge in [0.1, 0.15) is 11.3 Å². The third kappa shape index (κ3) is 3.90. The third-order valence-electron chi connectivity index (χ3n) is 6.68. The fraction of sp³-hybridized carbons (Fsp3) is 0.370. The number of fused-ring (bicyclic) bond motifs is 2. The van der Waals surface area contributed by atoms with E-state index in [0.29, 0.717) is 6.04 Å². The van der Waals surface area contributed by atoms with Gasteiger partial charge >= 0.3 is 0 Å². The quantitative estimate of drug-likeness (QED) is 0.440. The van der Waals surface area contributed by atoms with Crippen molar-refractivity contribution >= 4 is 33.2 Å². The van der Waals surface area contributed by atoms with Crippen molar-refractivity contribution in [3.63, 3.8) is 0 Å². The minimum absolute atomic E-state index is 0.496. The number of nitrogens with zero attached hydrogens (tertiary/aromatic N) is 6. The molecule has 0 spiro atoms. The Bertz CT molecular complexity index is 1480. The van der Waals surface area contributed by atoms with Gasteiger partial charge in [0, 0.05) is 67.8 Å². The number of methoxy groups -OCH3 is 1. The molecular weight excluding hydrogens is 424 g/mol. The van der Waals surface area contributed by atoms with E-state index in [9.17, 15) is 0 Å². The molecule has 3 heterocycles. The highest BCUT2D eigenvalue weighted by Gasteiger charge is 2.23. The first-order valence-electron chi connectivity index (χ1n) is 11.9. The maximum absolute atomic E-state index is 5.59. The SMILES string of the molecule is COc1cc2nn(C)cc2cc1C#Cc1ccc(N2CCC(N=C3CC3)CC2)c2cn(C)nc12. The summed E-state index contributed by atoms with van der Waals surface area (Å²) in [4.78, 5) is 7.36. The largest absolute Gasteiger partial charge is 0.495 e.